The average Bonchev–Trinajstić information content (AvgIpc) is 3.15. The van der Waals surface area contributed by atoms with Crippen molar-refractivity contribution >= 4 is 34.2 Å². The summed E-state index contributed by atoms with van der Waals surface area (Å²) >= 11 is 6.12. The monoisotopic (exact) mass is 355 g/mol. The molecule has 0 unspecified atom stereocenters. The molecule has 1 aliphatic heterocycles. The lowest BCUT2D eigenvalue weighted by molar-refractivity contribution is -0.117. The number of para-hydroxylation sites is 2. The first-order valence-electron chi connectivity index (χ1n) is 8.13. The van der Waals surface area contributed by atoms with E-state index >= 15 is 0 Å². The number of carbonyl (C=O) groups is 1. The summed E-state index contributed by atoms with van der Waals surface area (Å²) in [4.78, 5) is 19.1. The van der Waals surface area contributed by atoms with E-state index in [1.54, 1.807) is 30.2 Å². The van der Waals surface area contributed by atoms with Gasteiger partial charge >= 0.3 is 0 Å². The maximum atomic E-state index is 12.7. The summed E-state index contributed by atoms with van der Waals surface area (Å²) < 4.78 is 7.48. The van der Waals surface area contributed by atoms with Gasteiger partial charge in [-0.1, -0.05) is 23.7 Å². The van der Waals surface area contributed by atoms with E-state index in [1.165, 1.54) is 0 Å². The molecule has 4 rings (SSSR count). The molecule has 25 heavy (non-hydrogen) atoms. The SMILES string of the molecule is COc1ccc(Cl)cc1N1C[C@@H](c2nc3ccccc3n2C)CC1=O. The predicted octanol–water partition coefficient (Wildman–Crippen LogP) is 3.76. The van der Waals surface area contributed by atoms with Crippen molar-refractivity contribution in [3.05, 3.63) is 53.3 Å². The average molecular weight is 356 g/mol. The molecule has 2 heterocycles. The molecule has 1 amide bonds. The number of rotatable bonds is 3. The highest BCUT2D eigenvalue weighted by Gasteiger charge is 2.35. The third-order valence-electron chi connectivity index (χ3n) is 4.74. The first-order chi connectivity index (χ1) is 12.1. The van der Waals surface area contributed by atoms with E-state index in [4.69, 9.17) is 21.3 Å². The van der Waals surface area contributed by atoms with Crippen molar-refractivity contribution in [2.24, 2.45) is 7.05 Å². The zero-order chi connectivity index (χ0) is 17.6. The second kappa shape index (κ2) is 6.08. The fourth-order valence-corrected chi connectivity index (χ4v) is 3.68. The lowest BCUT2D eigenvalue weighted by Gasteiger charge is -2.20. The van der Waals surface area contributed by atoms with E-state index in [0.29, 0.717) is 29.4 Å². The van der Waals surface area contributed by atoms with Crippen molar-refractivity contribution in [1.82, 2.24) is 9.55 Å². The van der Waals surface area contributed by atoms with Crippen LogP contribution < -0.4 is 9.64 Å². The first-order valence-corrected chi connectivity index (χ1v) is 8.51. The number of ether oxygens (including phenoxy) is 1. The number of hydrogen-bond donors (Lipinski definition) is 0. The van der Waals surface area contributed by atoms with E-state index in [0.717, 1.165) is 16.9 Å². The van der Waals surface area contributed by atoms with E-state index in [9.17, 15) is 4.79 Å². The van der Waals surface area contributed by atoms with Crippen LogP contribution in [0.25, 0.3) is 11.0 Å². The molecule has 6 heteroatoms. The Morgan fingerprint density at radius 3 is 2.80 bits per heavy atom. The highest BCUT2D eigenvalue weighted by atomic mass is 35.5. The Balaban J connectivity index is 1.70. The van der Waals surface area contributed by atoms with Crippen LogP contribution in [0, 0.1) is 0 Å². The first kappa shape index (κ1) is 16.0. The maximum absolute atomic E-state index is 12.7. The maximum Gasteiger partial charge on any atom is 0.227 e. The number of methoxy groups -OCH3 is 1. The highest BCUT2D eigenvalue weighted by Crippen LogP contribution is 2.38. The Morgan fingerprint density at radius 2 is 2.04 bits per heavy atom. The molecular weight excluding hydrogens is 338 g/mol. The van der Waals surface area contributed by atoms with Crippen LogP contribution >= 0.6 is 11.6 Å². The number of carbonyl (C=O) groups excluding carboxylic acids is 1. The Labute approximate surface area is 150 Å². The molecule has 0 N–H and O–H groups in total. The highest BCUT2D eigenvalue weighted by molar-refractivity contribution is 6.31. The molecule has 128 valence electrons. The zero-order valence-corrected chi connectivity index (χ0v) is 14.8. The molecule has 0 radical (unpaired) electrons. The van der Waals surface area contributed by atoms with E-state index in [2.05, 4.69) is 4.57 Å². The lowest BCUT2D eigenvalue weighted by Crippen LogP contribution is -2.25. The molecule has 1 fully saturated rings. The van der Waals surface area contributed by atoms with Crippen LogP contribution in [0.3, 0.4) is 0 Å². The number of benzene rings is 2. The molecule has 3 aromatic rings. The largest absolute Gasteiger partial charge is 0.495 e. The molecule has 1 saturated heterocycles. The Kier molecular flexibility index (Phi) is 3.88. The number of imidazole rings is 1. The smallest absolute Gasteiger partial charge is 0.227 e. The van der Waals surface area contributed by atoms with Gasteiger partial charge < -0.3 is 14.2 Å². The molecule has 0 spiro atoms. The van der Waals surface area contributed by atoms with Crippen molar-refractivity contribution in [1.29, 1.82) is 0 Å². The lowest BCUT2D eigenvalue weighted by atomic mass is 10.1. The van der Waals surface area contributed by atoms with Crippen molar-refractivity contribution in [2.45, 2.75) is 12.3 Å². The van der Waals surface area contributed by atoms with Gasteiger partial charge in [0.05, 0.1) is 23.8 Å². The summed E-state index contributed by atoms with van der Waals surface area (Å²) in [5.74, 6) is 1.66. The van der Waals surface area contributed by atoms with Crippen LogP contribution in [0.2, 0.25) is 5.02 Å². The summed E-state index contributed by atoms with van der Waals surface area (Å²) in [6, 6.07) is 13.3. The second-order valence-electron chi connectivity index (χ2n) is 6.24. The number of aromatic nitrogens is 2. The number of aryl methyl sites for hydroxylation is 1. The van der Waals surface area contributed by atoms with Gasteiger partial charge in [0, 0.05) is 31.0 Å². The van der Waals surface area contributed by atoms with Gasteiger partial charge in [-0.05, 0) is 30.3 Å². The van der Waals surface area contributed by atoms with Crippen molar-refractivity contribution in [3.8, 4) is 5.75 Å². The summed E-state index contributed by atoms with van der Waals surface area (Å²) in [5, 5.41) is 0.579. The van der Waals surface area contributed by atoms with Gasteiger partial charge in [0.15, 0.2) is 0 Å². The van der Waals surface area contributed by atoms with Gasteiger partial charge in [0.2, 0.25) is 5.91 Å². The van der Waals surface area contributed by atoms with Gasteiger partial charge in [-0.2, -0.15) is 0 Å². The Bertz CT molecular complexity index is 966. The van der Waals surface area contributed by atoms with Gasteiger partial charge in [-0.25, -0.2) is 4.98 Å². The summed E-state index contributed by atoms with van der Waals surface area (Å²) in [5.41, 5.74) is 2.73. The fraction of sp³-hybridized carbons (Fsp3) is 0.263. The van der Waals surface area contributed by atoms with Gasteiger partial charge in [0.25, 0.3) is 0 Å². The minimum atomic E-state index is 0.0357. The van der Waals surface area contributed by atoms with E-state index in [-0.39, 0.29) is 11.8 Å². The molecule has 1 aliphatic rings. The number of nitrogens with zero attached hydrogens (tertiary/aromatic N) is 3. The van der Waals surface area contributed by atoms with Crippen LogP contribution in [0.4, 0.5) is 5.69 Å². The molecule has 0 aliphatic carbocycles. The van der Waals surface area contributed by atoms with Crippen LogP contribution in [0.1, 0.15) is 18.2 Å². The molecule has 0 bridgehead atoms. The summed E-state index contributed by atoms with van der Waals surface area (Å²) in [7, 11) is 3.59. The standard InChI is InChI=1S/C19H18ClN3O2/c1-22-15-6-4-3-5-14(15)21-19(22)12-9-18(24)23(11-12)16-10-13(20)7-8-17(16)25-2/h3-8,10,12H,9,11H2,1-2H3/t12-/m0/s1. The molecule has 0 saturated carbocycles. The third-order valence-corrected chi connectivity index (χ3v) is 4.98. The minimum Gasteiger partial charge on any atom is -0.495 e. The number of halogens is 1. The van der Waals surface area contributed by atoms with Crippen LogP contribution in [0.15, 0.2) is 42.5 Å². The second-order valence-corrected chi connectivity index (χ2v) is 6.68. The minimum absolute atomic E-state index is 0.0357. The number of anilines is 1. The topological polar surface area (TPSA) is 47.4 Å². The van der Waals surface area contributed by atoms with Gasteiger partial charge in [-0.3, -0.25) is 4.79 Å². The van der Waals surface area contributed by atoms with Gasteiger partial charge in [-0.15, -0.1) is 0 Å². The normalized spacial score (nSPS) is 17.5. The van der Waals surface area contributed by atoms with Crippen LogP contribution in [-0.2, 0) is 11.8 Å². The zero-order valence-electron chi connectivity index (χ0n) is 14.1. The summed E-state index contributed by atoms with van der Waals surface area (Å²) in [6.07, 6.45) is 0.423. The van der Waals surface area contributed by atoms with Crippen LogP contribution in [0.5, 0.6) is 5.75 Å². The van der Waals surface area contributed by atoms with Crippen molar-refractivity contribution in [2.75, 3.05) is 18.6 Å². The van der Waals surface area contributed by atoms with Crippen LogP contribution in [-0.4, -0.2) is 29.1 Å². The number of fused-ring (bicyclic) bond motifs is 1. The van der Waals surface area contributed by atoms with E-state index < -0.39 is 0 Å². The molecule has 2 aromatic carbocycles. The predicted molar refractivity (Wildman–Crippen MR) is 98.4 cm³/mol. The van der Waals surface area contributed by atoms with Crippen molar-refractivity contribution in [3.63, 3.8) is 0 Å². The molecule has 5 nitrogen and oxygen atoms in total. The molecular formula is C19H18ClN3O2. The molecule has 1 atom stereocenters. The van der Waals surface area contributed by atoms with Gasteiger partial charge in [0.1, 0.15) is 11.6 Å². The fourth-order valence-electron chi connectivity index (χ4n) is 3.52. The Hall–Kier alpha value is -2.53. The Morgan fingerprint density at radius 1 is 1.24 bits per heavy atom. The van der Waals surface area contributed by atoms with Crippen molar-refractivity contribution < 1.29 is 9.53 Å². The number of hydrogen-bond acceptors (Lipinski definition) is 3. The van der Waals surface area contributed by atoms with E-state index in [1.807, 2.05) is 31.3 Å². The molecule has 1 aromatic heterocycles. The summed E-state index contributed by atoms with van der Waals surface area (Å²) in [6.45, 7) is 0.562. The number of amides is 1. The quantitative estimate of drug-likeness (QED) is 0.718. The third kappa shape index (κ3) is 2.65.